The predicted molar refractivity (Wildman–Crippen MR) is 143 cm³/mol. The molecule has 0 saturated heterocycles. The van der Waals surface area contributed by atoms with E-state index in [0.717, 1.165) is 64.5 Å². The van der Waals surface area contributed by atoms with Crippen molar-refractivity contribution in [1.82, 2.24) is 35.1 Å². The Morgan fingerprint density at radius 3 is 2.74 bits per heavy atom. The second kappa shape index (κ2) is 9.22. The van der Waals surface area contributed by atoms with Gasteiger partial charge in [-0.15, -0.1) is 0 Å². The van der Waals surface area contributed by atoms with E-state index in [4.69, 9.17) is 9.40 Å². The number of rotatable bonds is 5. The first-order valence-corrected chi connectivity index (χ1v) is 12.7. The molecular formula is C28H24N8O2. The van der Waals surface area contributed by atoms with Crippen molar-refractivity contribution in [1.29, 1.82) is 0 Å². The van der Waals surface area contributed by atoms with Crippen LogP contribution in [0.15, 0.2) is 66.0 Å². The summed E-state index contributed by atoms with van der Waals surface area (Å²) >= 11 is 0. The van der Waals surface area contributed by atoms with Crippen molar-refractivity contribution >= 4 is 33.7 Å². The van der Waals surface area contributed by atoms with Crippen LogP contribution in [0.5, 0.6) is 0 Å². The molecule has 0 unspecified atom stereocenters. The fourth-order valence-corrected chi connectivity index (χ4v) is 5.18. The average Bonchev–Trinajstić information content (AvgIpc) is 3.73. The largest absolute Gasteiger partial charge is 0.472 e. The van der Waals surface area contributed by atoms with Crippen LogP contribution < -0.4 is 5.32 Å². The highest BCUT2D eigenvalue weighted by atomic mass is 16.3. The third-order valence-corrected chi connectivity index (χ3v) is 7.15. The highest BCUT2D eigenvalue weighted by Crippen LogP contribution is 2.32. The summed E-state index contributed by atoms with van der Waals surface area (Å²) in [6.07, 6.45) is 15.6. The molecule has 10 heteroatoms. The molecule has 1 aliphatic rings. The number of nitrogens with one attached hydrogen (secondary N) is 3. The third kappa shape index (κ3) is 4.00. The second-order valence-corrected chi connectivity index (χ2v) is 9.63. The number of nitrogens with zero attached hydrogens (tertiary/aromatic N) is 5. The van der Waals surface area contributed by atoms with Gasteiger partial charge in [0.2, 0.25) is 5.91 Å². The zero-order valence-corrected chi connectivity index (χ0v) is 20.4. The van der Waals surface area contributed by atoms with Gasteiger partial charge in [-0.1, -0.05) is 19.3 Å². The zero-order chi connectivity index (χ0) is 25.5. The maximum atomic E-state index is 12.7. The van der Waals surface area contributed by atoms with Crippen LogP contribution in [-0.2, 0) is 4.79 Å². The molecule has 3 N–H and O–H groups in total. The fourth-order valence-electron chi connectivity index (χ4n) is 5.18. The smallest absolute Gasteiger partial charge is 0.227 e. The Hall–Kier alpha value is -4.86. The lowest BCUT2D eigenvalue weighted by atomic mass is 9.88. The van der Waals surface area contributed by atoms with E-state index < -0.39 is 0 Å². The predicted octanol–water partition coefficient (Wildman–Crippen LogP) is 5.74. The average molecular weight is 505 g/mol. The number of carbonyl (C=O) groups is 1. The number of hydrogen-bond acceptors (Lipinski definition) is 7. The van der Waals surface area contributed by atoms with Gasteiger partial charge in [0.05, 0.1) is 35.3 Å². The van der Waals surface area contributed by atoms with Gasteiger partial charge in [0.1, 0.15) is 16.9 Å². The first-order valence-electron chi connectivity index (χ1n) is 12.7. The van der Waals surface area contributed by atoms with Crippen LogP contribution in [0.25, 0.3) is 56.0 Å². The quantitative estimate of drug-likeness (QED) is 0.272. The van der Waals surface area contributed by atoms with Gasteiger partial charge in [-0.3, -0.25) is 19.9 Å². The molecule has 1 fully saturated rings. The Bertz CT molecular complexity index is 1760. The SMILES string of the molecule is O=C(Nc1cncc(-c2cnc3[nH]nc(-c4nc5c(-c6ccoc6)nccc5[nH]4)c3c2)c1)C1CCCCC1. The zero-order valence-electron chi connectivity index (χ0n) is 20.4. The fraction of sp³-hybridized carbons (Fsp3) is 0.214. The molecule has 38 heavy (non-hydrogen) atoms. The molecule has 6 heterocycles. The molecular weight excluding hydrogens is 480 g/mol. The molecule has 7 rings (SSSR count). The molecule has 1 saturated carbocycles. The van der Waals surface area contributed by atoms with E-state index in [1.165, 1.54) is 6.42 Å². The summed E-state index contributed by atoms with van der Waals surface area (Å²) in [5.74, 6) is 0.755. The first kappa shape index (κ1) is 22.3. The summed E-state index contributed by atoms with van der Waals surface area (Å²) in [5.41, 5.74) is 6.85. The van der Waals surface area contributed by atoms with Gasteiger partial charge in [-0.25, -0.2) is 9.97 Å². The molecule has 1 amide bonds. The molecule has 0 spiro atoms. The summed E-state index contributed by atoms with van der Waals surface area (Å²) < 4.78 is 5.24. The van der Waals surface area contributed by atoms with Crippen molar-refractivity contribution in [2.75, 3.05) is 5.32 Å². The van der Waals surface area contributed by atoms with Gasteiger partial charge in [0.15, 0.2) is 11.5 Å². The van der Waals surface area contributed by atoms with Crippen LogP contribution in [0, 0.1) is 5.92 Å². The molecule has 0 aliphatic heterocycles. The highest BCUT2D eigenvalue weighted by Gasteiger charge is 2.21. The Morgan fingerprint density at radius 2 is 1.87 bits per heavy atom. The summed E-state index contributed by atoms with van der Waals surface area (Å²) in [7, 11) is 0. The lowest BCUT2D eigenvalue weighted by Gasteiger charge is -2.20. The minimum absolute atomic E-state index is 0.0727. The molecule has 0 bridgehead atoms. The van der Waals surface area contributed by atoms with Crippen molar-refractivity contribution in [2.24, 2.45) is 5.92 Å². The van der Waals surface area contributed by atoms with E-state index in [1.54, 1.807) is 37.3 Å². The van der Waals surface area contributed by atoms with Crippen LogP contribution >= 0.6 is 0 Å². The number of carbonyl (C=O) groups excluding carboxylic acids is 1. The highest BCUT2D eigenvalue weighted by molar-refractivity contribution is 5.96. The Kier molecular flexibility index (Phi) is 5.42. The number of furan rings is 1. The molecule has 6 aromatic rings. The lowest BCUT2D eigenvalue weighted by molar-refractivity contribution is -0.120. The number of fused-ring (bicyclic) bond motifs is 2. The van der Waals surface area contributed by atoms with Gasteiger partial charge < -0.3 is 14.7 Å². The topological polar surface area (TPSA) is 138 Å². The molecule has 1 aliphatic carbocycles. The van der Waals surface area contributed by atoms with Gasteiger partial charge in [0.25, 0.3) is 0 Å². The number of aromatic amines is 2. The molecule has 10 nitrogen and oxygen atoms in total. The maximum Gasteiger partial charge on any atom is 0.227 e. The Balaban J connectivity index is 1.23. The van der Waals surface area contributed by atoms with Gasteiger partial charge in [-0.2, -0.15) is 5.10 Å². The Labute approximate surface area is 217 Å². The number of aromatic nitrogens is 7. The van der Waals surface area contributed by atoms with Crippen molar-refractivity contribution in [3.63, 3.8) is 0 Å². The van der Waals surface area contributed by atoms with E-state index in [0.29, 0.717) is 22.9 Å². The second-order valence-electron chi connectivity index (χ2n) is 9.63. The van der Waals surface area contributed by atoms with Crippen molar-refractivity contribution in [3.05, 3.63) is 61.6 Å². The molecule has 0 atom stereocenters. The number of H-pyrrole nitrogens is 2. The summed E-state index contributed by atoms with van der Waals surface area (Å²) in [6, 6.07) is 7.68. The van der Waals surface area contributed by atoms with Crippen molar-refractivity contribution in [3.8, 4) is 33.9 Å². The Morgan fingerprint density at radius 1 is 0.974 bits per heavy atom. The van der Waals surface area contributed by atoms with Crippen LogP contribution in [-0.4, -0.2) is 41.0 Å². The summed E-state index contributed by atoms with van der Waals surface area (Å²) in [4.78, 5) is 34.4. The minimum Gasteiger partial charge on any atom is -0.472 e. The van der Waals surface area contributed by atoms with Gasteiger partial charge in [-0.05, 0) is 37.1 Å². The van der Waals surface area contributed by atoms with Gasteiger partial charge in [0, 0.05) is 41.2 Å². The third-order valence-electron chi connectivity index (χ3n) is 7.15. The number of hydrogen-bond donors (Lipinski definition) is 3. The summed E-state index contributed by atoms with van der Waals surface area (Å²) in [6.45, 7) is 0. The number of imidazole rings is 1. The van der Waals surface area contributed by atoms with Crippen LogP contribution in [0.1, 0.15) is 32.1 Å². The van der Waals surface area contributed by atoms with E-state index in [1.807, 2.05) is 24.3 Å². The molecule has 6 aromatic heterocycles. The van der Waals surface area contributed by atoms with Crippen LogP contribution in [0.4, 0.5) is 5.69 Å². The molecule has 0 aromatic carbocycles. The minimum atomic E-state index is 0.0727. The first-order chi connectivity index (χ1) is 18.7. The van der Waals surface area contributed by atoms with E-state index in [2.05, 4.69) is 35.5 Å². The van der Waals surface area contributed by atoms with Crippen molar-refractivity contribution in [2.45, 2.75) is 32.1 Å². The van der Waals surface area contributed by atoms with Crippen molar-refractivity contribution < 1.29 is 9.21 Å². The normalized spacial score (nSPS) is 14.3. The molecule has 0 radical (unpaired) electrons. The number of amides is 1. The standard InChI is InChI=1S/C28H24N8O2/c37-28(16-4-2-1-3-5-16)32-20-10-18(12-29-14-20)19-11-21-24(35-36-26(21)31-13-19)27-33-22-6-8-30-23(25(22)34-27)17-7-9-38-15-17/h6-16H,1-5H2,(H,32,37)(H,33,34)(H,31,35,36). The molecule has 188 valence electrons. The monoisotopic (exact) mass is 504 g/mol. The van der Waals surface area contributed by atoms with E-state index >= 15 is 0 Å². The number of anilines is 1. The van der Waals surface area contributed by atoms with E-state index in [9.17, 15) is 4.79 Å². The van der Waals surface area contributed by atoms with Crippen LogP contribution in [0.3, 0.4) is 0 Å². The number of pyridine rings is 3. The van der Waals surface area contributed by atoms with Gasteiger partial charge >= 0.3 is 0 Å². The lowest BCUT2D eigenvalue weighted by Crippen LogP contribution is -2.24. The van der Waals surface area contributed by atoms with Crippen LogP contribution in [0.2, 0.25) is 0 Å². The maximum absolute atomic E-state index is 12.7. The summed E-state index contributed by atoms with van der Waals surface area (Å²) in [5, 5.41) is 11.4. The van der Waals surface area contributed by atoms with E-state index in [-0.39, 0.29) is 11.8 Å².